The quantitative estimate of drug-likeness (QED) is 0.610. The fourth-order valence-electron chi connectivity index (χ4n) is 3.62. The summed E-state index contributed by atoms with van der Waals surface area (Å²) in [5.41, 5.74) is 2.63. The first kappa shape index (κ1) is 21.3. The Hall–Kier alpha value is -3.93. The number of rotatable bonds is 5. The van der Waals surface area contributed by atoms with Crippen molar-refractivity contribution in [1.29, 1.82) is 0 Å². The van der Waals surface area contributed by atoms with Gasteiger partial charge in [0.15, 0.2) is 0 Å². The molecule has 1 saturated heterocycles. The van der Waals surface area contributed by atoms with Crippen molar-refractivity contribution in [1.82, 2.24) is 4.90 Å². The molecule has 32 heavy (non-hydrogen) atoms. The highest BCUT2D eigenvalue weighted by molar-refractivity contribution is 6.04. The number of hydrogen-bond acceptors (Lipinski definition) is 3. The van der Waals surface area contributed by atoms with Gasteiger partial charge in [0.1, 0.15) is 5.82 Å². The normalized spacial score (nSPS) is 13.9. The summed E-state index contributed by atoms with van der Waals surface area (Å²) in [5, 5.41) is 2.72. The lowest BCUT2D eigenvalue weighted by Crippen LogP contribution is -2.48. The van der Waals surface area contributed by atoms with E-state index in [2.05, 4.69) is 10.2 Å². The molecule has 0 unspecified atom stereocenters. The van der Waals surface area contributed by atoms with Gasteiger partial charge in [-0.3, -0.25) is 9.59 Å². The van der Waals surface area contributed by atoms with Crippen LogP contribution in [0.25, 0.3) is 6.08 Å². The molecule has 3 aromatic rings. The van der Waals surface area contributed by atoms with Crippen LogP contribution in [0.15, 0.2) is 84.9 Å². The Morgan fingerprint density at radius 2 is 1.47 bits per heavy atom. The van der Waals surface area contributed by atoms with Gasteiger partial charge in [0, 0.05) is 43.6 Å². The smallest absolute Gasteiger partial charge is 0.258 e. The van der Waals surface area contributed by atoms with Crippen LogP contribution >= 0.6 is 0 Å². The summed E-state index contributed by atoms with van der Waals surface area (Å²) < 4.78 is 13.8. The highest BCUT2D eigenvalue weighted by atomic mass is 19.1. The first-order chi connectivity index (χ1) is 15.6. The molecule has 0 aromatic heterocycles. The van der Waals surface area contributed by atoms with E-state index in [9.17, 15) is 14.0 Å². The first-order valence-corrected chi connectivity index (χ1v) is 10.5. The van der Waals surface area contributed by atoms with E-state index in [4.69, 9.17) is 0 Å². The number of carbonyl (C=O) groups is 2. The number of nitrogens with one attached hydrogen (secondary N) is 1. The molecule has 4 rings (SSSR count). The minimum absolute atomic E-state index is 0.0127. The summed E-state index contributed by atoms with van der Waals surface area (Å²) in [5.74, 6) is -1.01. The van der Waals surface area contributed by atoms with Gasteiger partial charge in [-0.15, -0.1) is 0 Å². The number of anilines is 2. The second kappa shape index (κ2) is 9.92. The van der Waals surface area contributed by atoms with Crippen LogP contribution in [0.2, 0.25) is 0 Å². The fraction of sp³-hybridized carbons (Fsp3) is 0.154. The number of carbonyl (C=O) groups excluding carboxylic acids is 2. The largest absolute Gasteiger partial charge is 0.368 e. The molecular weight excluding hydrogens is 405 g/mol. The Labute approximate surface area is 186 Å². The van der Waals surface area contributed by atoms with E-state index in [1.807, 2.05) is 53.4 Å². The van der Waals surface area contributed by atoms with Gasteiger partial charge < -0.3 is 15.1 Å². The summed E-state index contributed by atoms with van der Waals surface area (Å²) in [4.78, 5) is 28.8. The number of piperazine rings is 1. The zero-order chi connectivity index (χ0) is 22.3. The van der Waals surface area contributed by atoms with E-state index in [-0.39, 0.29) is 11.5 Å². The predicted octanol–water partition coefficient (Wildman–Crippen LogP) is 4.44. The molecule has 1 N–H and O–H groups in total. The Balaban J connectivity index is 1.30. The summed E-state index contributed by atoms with van der Waals surface area (Å²) in [6.07, 6.45) is 3.46. The zero-order valence-electron chi connectivity index (χ0n) is 17.6. The summed E-state index contributed by atoms with van der Waals surface area (Å²) in [6, 6.07) is 23.1. The summed E-state index contributed by atoms with van der Waals surface area (Å²) >= 11 is 0. The Bertz CT molecular complexity index is 1110. The van der Waals surface area contributed by atoms with Crippen LogP contribution in [0.4, 0.5) is 15.8 Å². The van der Waals surface area contributed by atoms with E-state index in [1.54, 1.807) is 30.3 Å². The van der Waals surface area contributed by atoms with Crippen molar-refractivity contribution in [3.05, 3.63) is 102 Å². The maximum atomic E-state index is 13.8. The van der Waals surface area contributed by atoms with Gasteiger partial charge in [-0.2, -0.15) is 0 Å². The van der Waals surface area contributed by atoms with Gasteiger partial charge >= 0.3 is 0 Å². The molecule has 1 heterocycles. The van der Waals surface area contributed by atoms with Crippen LogP contribution in [-0.4, -0.2) is 42.9 Å². The van der Waals surface area contributed by atoms with Gasteiger partial charge in [0.2, 0.25) is 5.91 Å². The molecular formula is C26H24FN3O2. The Kier molecular flexibility index (Phi) is 6.60. The van der Waals surface area contributed by atoms with E-state index < -0.39 is 11.7 Å². The van der Waals surface area contributed by atoms with Gasteiger partial charge in [0.25, 0.3) is 5.91 Å². The van der Waals surface area contributed by atoms with E-state index in [0.29, 0.717) is 18.8 Å². The molecule has 1 aliphatic heterocycles. The van der Waals surface area contributed by atoms with Crippen molar-refractivity contribution < 1.29 is 14.0 Å². The van der Waals surface area contributed by atoms with Gasteiger partial charge in [-0.1, -0.05) is 42.5 Å². The van der Waals surface area contributed by atoms with Gasteiger partial charge in [-0.05, 0) is 48.0 Å². The molecule has 0 atom stereocenters. The van der Waals surface area contributed by atoms with Crippen LogP contribution in [-0.2, 0) is 4.79 Å². The minimum atomic E-state index is -0.548. The third-order valence-electron chi connectivity index (χ3n) is 5.42. The maximum Gasteiger partial charge on any atom is 0.258 e. The highest BCUT2D eigenvalue weighted by Crippen LogP contribution is 2.20. The second-order valence-electron chi connectivity index (χ2n) is 7.54. The molecule has 162 valence electrons. The van der Waals surface area contributed by atoms with Crippen LogP contribution < -0.4 is 10.2 Å². The molecule has 2 amide bonds. The SMILES string of the molecule is O=C(Nc1ccc(N2CCN(C(=O)C=Cc3ccccc3)CC2)cc1)c1ccccc1F. The maximum absolute atomic E-state index is 13.8. The van der Waals surface area contributed by atoms with Crippen LogP contribution in [0.3, 0.4) is 0 Å². The van der Waals surface area contributed by atoms with Crippen LogP contribution in [0, 0.1) is 5.82 Å². The van der Waals surface area contributed by atoms with Crippen molar-refractivity contribution in [2.24, 2.45) is 0 Å². The Morgan fingerprint density at radius 1 is 0.812 bits per heavy atom. The lowest BCUT2D eigenvalue weighted by molar-refractivity contribution is -0.126. The van der Waals surface area contributed by atoms with Crippen molar-refractivity contribution in [3.8, 4) is 0 Å². The highest BCUT2D eigenvalue weighted by Gasteiger charge is 2.20. The molecule has 0 spiro atoms. The Morgan fingerprint density at radius 3 is 2.16 bits per heavy atom. The molecule has 0 aliphatic carbocycles. The minimum Gasteiger partial charge on any atom is -0.368 e. The van der Waals surface area contributed by atoms with E-state index in [0.717, 1.165) is 24.3 Å². The summed E-state index contributed by atoms with van der Waals surface area (Å²) in [7, 11) is 0. The van der Waals surface area contributed by atoms with Gasteiger partial charge in [0.05, 0.1) is 5.56 Å². The zero-order valence-corrected chi connectivity index (χ0v) is 17.6. The lowest BCUT2D eigenvalue weighted by atomic mass is 10.2. The third-order valence-corrected chi connectivity index (χ3v) is 5.42. The molecule has 1 aliphatic rings. The molecule has 0 bridgehead atoms. The third kappa shape index (κ3) is 5.21. The number of halogens is 1. The topological polar surface area (TPSA) is 52.7 Å². The van der Waals surface area contributed by atoms with Crippen molar-refractivity contribution in [2.75, 3.05) is 36.4 Å². The van der Waals surface area contributed by atoms with Gasteiger partial charge in [-0.25, -0.2) is 4.39 Å². The molecule has 6 heteroatoms. The monoisotopic (exact) mass is 429 g/mol. The number of hydrogen-bond donors (Lipinski definition) is 1. The lowest BCUT2D eigenvalue weighted by Gasteiger charge is -2.35. The first-order valence-electron chi connectivity index (χ1n) is 10.5. The molecule has 1 fully saturated rings. The van der Waals surface area contributed by atoms with E-state index in [1.165, 1.54) is 12.1 Å². The average molecular weight is 429 g/mol. The molecule has 0 radical (unpaired) electrons. The van der Waals surface area contributed by atoms with Crippen molar-refractivity contribution in [3.63, 3.8) is 0 Å². The molecule has 5 nitrogen and oxygen atoms in total. The molecule has 3 aromatic carbocycles. The van der Waals surface area contributed by atoms with Crippen LogP contribution in [0.5, 0.6) is 0 Å². The predicted molar refractivity (Wildman–Crippen MR) is 125 cm³/mol. The molecule has 0 saturated carbocycles. The van der Waals surface area contributed by atoms with Crippen LogP contribution in [0.1, 0.15) is 15.9 Å². The average Bonchev–Trinajstić information content (AvgIpc) is 2.84. The van der Waals surface area contributed by atoms with Crippen molar-refractivity contribution in [2.45, 2.75) is 0 Å². The second-order valence-corrected chi connectivity index (χ2v) is 7.54. The van der Waals surface area contributed by atoms with Crippen molar-refractivity contribution >= 4 is 29.3 Å². The number of benzene rings is 3. The number of nitrogens with zero attached hydrogens (tertiary/aromatic N) is 2. The fourth-order valence-corrected chi connectivity index (χ4v) is 3.62. The standard InChI is InChI=1S/C26H24FN3O2/c27-24-9-5-4-8-23(24)26(32)28-21-11-13-22(14-12-21)29-16-18-30(19-17-29)25(31)15-10-20-6-2-1-3-7-20/h1-15H,16-19H2,(H,28,32). The summed E-state index contributed by atoms with van der Waals surface area (Å²) in [6.45, 7) is 2.74. The van der Waals surface area contributed by atoms with E-state index >= 15 is 0 Å². The number of amides is 2.